The summed E-state index contributed by atoms with van der Waals surface area (Å²) in [7, 11) is 0. The second-order valence-electron chi connectivity index (χ2n) is 7.26. The standard InChI is InChI=1S/C18H24ClN3O2/c1-12-11-22(17(23)24-18(3,4)5)13(2)10-21(12)15-7-6-14(9-20)16(19)8-15/h6-8,12-13H,10-11H2,1-5H3. The zero-order valence-corrected chi connectivity index (χ0v) is 15.6. The van der Waals surface area contributed by atoms with E-state index in [2.05, 4.69) is 17.9 Å². The van der Waals surface area contributed by atoms with Crippen molar-refractivity contribution >= 4 is 23.4 Å². The van der Waals surface area contributed by atoms with Gasteiger partial charge in [-0.25, -0.2) is 4.79 Å². The second-order valence-corrected chi connectivity index (χ2v) is 7.67. The van der Waals surface area contributed by atoms with Crippen molar-refractivity contribution in [1.29, 1.82) is 5.26 Å². The number of nitriles is 1. The zero-order valence-electron chi connectivity index (χ0n) is 14.8. The van der Waals surface area contributed by atoms with Crippen molar-refractivity contribution in [2.45, 2.75) is 52.3 Å². The fraction of sp³-hybridized carbons (Fsp3) is 0.556. The second kappa shape index (κ2) is 6.90. The Morgan fingerprint density at radius 1 is 1.29 bits per heavy atom. The Bertz CT molecular complexity index is 663. The van der Waals surface area contributed by atoms with Gasteiger partial charge >= 0.3 is 6.09 Å². The molecular formula is C18H24ClN3O2. The summed E-state index contributed by atoms with van der Waals surface area (Å²) < 4.78 is 5.50. The Morgan fingerprint density at radius 2 is 1.96 bits per heavy atom. The molecule has 5 nitrogen and oxygen atoms in total. The molecule has 0 radical (unpaired) electrons. The van der Waals surface area contributed by atoms with Crippen molar-refractivity contribution in [3.63, 3.8) is 0 Å². The normalized spacial score (nSPS) is 21.4. The molecule has 0 aliphatic carbocycles. The van der Waals surface area contributed by atoms with Crippen LogP contribution in [0.2, 0.25) is 5.02 Å². The third-order valence-electron chi connectivity index (χ3n) is 4.02. The van der Waals surface area contributed by atoms with E-state index in [1.807, 2.05) is 39.8 Å². The molecule has 0 spiro atoms. The van der Waals surface area contributed by atoms with Gasteiger partial charge in [0.25, 0.3) is 0 Å². The lowest BCUT2D eigenvalue weighted by atomic mass is 10.1. The van der Waals surface area contributed by atoms with Gasteiger partial charge in [0.05, 0.1) is 10.6 Å². The molecule has 24 heavy (non-hydrogen) atoms. The maximum absolute atomic E-state index is 12.4. The Morgan fingerprint density at radius 3 is 2.50 bits per heavy atom. The molecule has 1 amide bonds. The number of halogens is 1. The molecular weight excluding hydrogens is 326 g/mol. The number of carbonyl (C=O) groups is 1. The van der Waals surface area contributed by atoms with E-state index in [4.69, 9.17) is 21.6 Å². The smallest absolute Gasteiger partial charge is 0.410 e. The molecule has 1 aliphatic rings. The average Bonchev–Trinajstić information content (AvgIpc) is 2.47. The Hall–Kier alpha value is -1.93. The molecule has 0 aromatic heterocycles. The van der Waals surface area contributed by atoms with Gasteiger partial charge in [-0.15, -0.1) is 0 Å². The minimum atomic E-state index is -0.502. The van der Waals surface area contributed by atoms with Crippen LogP contribution >= 0.6 is 11.6 Å². The summed E-state index contributed by atoms with van der Waals surface area (Å²) in [6, 6.07) is 7.65. The van der Waals surface area contributed by atoms with Crippen molar-refractivity contribution in [2.24, 2.45) is 0 Å². The summed E-state index contributed by atoms with van der Waals surface area (Å²) in [6.07, 6.45) is -0.278. The molecule has 2 atom stereocenters. The Kier molecular flexibility index (Phi) is 5.29. The summed E-state index contributed by atoms with van der Waals surface area (Å²) in [5, 5.41) is 9.44. The van der Waals surface area contributed by atoms with Crippen LogP contribution in [0.3, 0.4) is 0 Å². The summed E-state index contributed by atoms with van der Waals surface area (Å²) in [6.45, 7) is 10.9. The first-order valence-electron chi connectivity index (χ1n) is 8.08. The first-order valence-corrected chi connectivity index (χ1v) is 8.46. The average molecular weight is 350 g/mol. The van der Waals surface area contributed by atoms with Gasteiger partial charge in [0.15, 0.2) is 0 Å². The summed E-state index contributed by atoms with van der Waals surface area (Å²) in [5.41, 5.74) is 0.924. The SMILES string of the molecule is CC1CN(c2ccc(C#N)c(Cl)c2)C(C)CN1C(=O)OC(C)(C)C. The first-order chi connectivity index (χ1) is 11.1. The molecule has 1 aromatic carbocycles. The van der Waals surface area contributed by atoms with Crippen molar-refractivity contribution in [2.75, 3.05) is 18.0 Å². The van der Waals surface area contributed by atoms with E-state index in [0.29, 0.717) is 23.7 Å². The zero-order chi connectivity index (χ0) is 18.1. The van der Waals surface area contributed by atoms with Crippen LogP contribution in [0.5, 0.6) is 0 Å². The van der Waals surface area contributed by atoms with Gasteiger partial charge in [0.1, 0.15) is 11.7 Å². The fourth-order valence-electron chi connectivity index (χ4n) is 2.83. The maximum atomic E-state index is 12.4. The third kappa shape index (κ3) is 4.12. The molecule has 1 heterocycles. The lowest BCUT2D eigenvalue weighted by Crippen LogP contribution is -2.59. The lowest BCUT2D eigenvalue weighted by Gasteiger charge is -2.45. The number of amides is 1. The quantitative estimate of drug-likeness (QED) is 0.767. The molecule has 6 heteroatoms. The van der Waals surface area contributed by atoms with E-state index in [0.717, 1.165) is 5.69 Å². The highest BCUT2D eigenvalue weighted by Gasteiger charge is 2.34. The maximum Gasteiger partial charge on any atom is 0.410 e. The number of benzene rings is 1. The summed E-state index contributed by atoms with van der Waals surface area (Å²) in [4.78, 5) is 16.4. The van der Waals surface area contributed by atoms with Gasteiger partial charge in [-0.05, 0) is 52.8 Å². The number of hydrogen-bond acceptors (Lipinski definition) is 4. The van der Waals surface area contributed by atoms with Gasteiger partial charge in [0, 0.05) is 30.9 Å². The van der Waals surface area contributed by atoms with Crippen LogP contribution in [0.25, 0.3) is 0 Å². The van der Waals surface area contributed by atoms with Crippen LogP contribution < -0.4 is 4.90 Å². The largest absolute Gasteiger partial charge is 0.444 e. The van der Waals surface area contributed by atoms with E-state index >= 15 is 0 Å². The molecule has 2 rings (SSSR count). The van der Waals surface area contributed by atoms with Crippen molar-refractivity contribution in [3.8, 4) is 6.07 Å². The molecule has 0 bridgehead atoms. The molecule has 1 aliphatic heterocycles. The van der Waals surface area contributed by atoms with Gasteiger partial charge in [0.2, 0.25) is 0 Å². The van der Waals surface area contributed by atoms with Crippen molar-refractivity contribution in [1.82, 2.24) is 4.90 Å². The molecule has 2 unspecified atom stereocenters. The number of ether oxygens (including phenoxy) is 1. The van der Waals surface area contributed by atoms with Crippen LogP contribution in [0.15, 0.2) is 18.2 Å². The highest BCUT2D eigenvalue weighted by molar-refractivity contribution is 6.32. The highest BCUT2D eigenvalue weighted by Crippen LogP contribution is 2.28. The molecule has 1 saturated heterocycles. The van der Waals surface area contributed by atoms with Crippen LogP contribution in [-0.2, 0) is 4.74 Å². The lowest BCUT2D eigenvalue weighted by molar-refractivity contribution is 0.0130. The Balaban J connectivity index is 2.15. The minimum Gasteiger partial charge on any atom is -0.444 e. The predicted molar refractivity (Wildman–Crippen MR) is 95.4 cm³/mol. The number of nitrogens with zero attached hydrogens (tertiary/aromatic N) is 3. The fourth-order valence-corrected chi connectivity index (χ4v) is 3.05. The topological polar surface area (TPSA) is 56.6 Å². The molecule has 130 valence electrons. The summed E-state index contributed by atoms with van der Waals surface area (Å²) in [5.74, 6) is 0. The molecule has 1 fully saturated rings. The molecule has 1 aromatic rings. The van der Waals surface area contributed by atoms with Crippen molar-refractivity contribution in [3.05, 3.63) is 28.8 Å². The van der Waals surface area contributed by atoms with Gasteiger partial charge < -0.3 is 14.5 Å². The number of piperazine rings is 1. The van der Waals surface area contributed by atoms with Crippen LogP contribution in [-0.4, -0.2) is 41.8 Å². The number of carbonyl (C=O) groups excluding carboxylic acids is 1. The van der Waals surface area contributed by atoms with Crippen LogP contribution in [0.1, 0.15) is 40.2 Å². The number of anilines is 1. The minimum absolute atomic E-state index is 0.0190. The van der Waals surface area contributed by atoms with Crippen LogP contribution in [0.4, 0.5) is 10.5 Å². The van der Waals surface area contributed by atoms with Crippen molar-refractivity contribution < 1.29 is 9.53 Å². The van der Waals surface area contributed by atoms with E-state index in [9.17, 15) is 4.79 Å². The van der Waals surface area contributed by atoms with Gasteiger partial charge in [-0.2, -0.15) is 5.26 Å². The summed E-state index contributed by atoms with van der Waals surface area (Å²) >= 11 is 6.15. The van der Waals surface area contributed by atoms with Crippen LogP contribution in [0, 0.1) is 11.3 Å². The number of hydrogen-bond donors (Lipinski definition) is 0. The highest BCUT2D eigenvalue weighted by atomic mass is 35.5. The van der Waals surface area contributed by atoms with E-state index in [1.54, 1.807) is 11.0 Å². The van der Waals surface area contributed by atoms with Gasteiger partial charge in [-0.1, -0.05) is 11.6 Å². The van der Waals surface area contributed by atoms with E-state index < -0.39 is 5.60 Å². The monoisotopic (exact) mass is 349 g/mol. The first kappa shape index (κ1) is 18.4. The third-order valence-corrected chi connectivity index (χ3v) is 4.33. The van der Waals surface area contributed by atoms with E-state index in [1.165, 1.54) is 0 Å². The number of rotatable bonds is 1. The predicted octanol–water partition coefficient (Wildman–Crippen LogP) is 4.05. The molecule has 0 N–H and O–H groups in total. The van der Waals surface area contributed by atoms with E-state index in [-0.39, 0.29) is 18.2 Å². The Labute approximate surface area is 148 Å². The van der Waals surface area contributed by atoms with Gasteiger partial charge in [-0.3, -0.25) is 0 Å². The molecule has 0 saturated carbocycles.